The lowest BCUT2D eigenvalue weighted by Gasteiger charge is -2.30. The van der Waals surface area contributed by atoms with Crippen LogP contribution in [0.25, 0.3) is 11.1 Å². The molecular weight excluding hydrogens is 374 g/mol. The molecule has 1 unspecified atom stereocenters. The molecule has 2 aromatic rings. The van der Waals surface area contributed by atoms with Gasteiger partial charge < -0.3 is 30.2 Å². The van der Waals surface area contributed by atoms with E-state index in [0.717, 1.165) is 41.2 Å². The van der Waals surface area contributed by atoms with Crippen molar-refractivity contribution in [1.82, 2.24) is 15.2 Å². The highest BCUT2D eigenvalue weighted by molar-refractivity contribution is 6.04. The number of hydrogen-bond acceptors (Lipinski definition) is 8. The number of carboxylic acid groups (broad SMARTS) is 1. The molecule has 4 N–H and O–H groups in total. The van der Waals surface area contributed by atoms with Gasteiger partial charge >= 0.3 is 5.97 Å². The fourth-order valence-corrected chi connectivity index (χ4v) is 3.82. The van der Waals surface area contributed by atoms with Gasteiger partial charge in [0, 0.05) is 23.9 Å². The van der Waals surface area contributed by atoms with Crippen molar-refractivity contribution in [3.8, 4) is 0 Å². The third-order valence-electron chi connectivity index (χ3n) is 5.22. The van der Waals surface area contributed by atoms with Gasteiger partial charge in [0.1, 0.15) is 30.3 Å². The van der Waals surface area contributed by atoms with Crippen molar-refractivity contribution in [2.75, 3.05) is 18.9 Å². The molecule has 0 radical (unpaired) electrons. The molecule has 29 heavy (non-hydrogen) atoms. The average Bonchev–Trinajstić information content (AvgIpc) is 3.23. The number of nitrogens with one attached hydrogen (secondary N) is 1. The number of fused-ring (bicyclic) bond motifs is 1. The minimum absolute atomic E-state index is 0.130. The molecule has 3 aliphatic rings. The monoisotopic (exact) mass is 393 g/mol. The Bertz CT molecular complexity index is 1160. The zero-order valence-corrected chi connectivity index (χ0v) is 15.7. The lowest BCUT2D eigenvalue weighted by atomic mass is 10.0. The van der Waals surface area contributed by atoms with Crippen LogP contribution in [0.2, 0.25) is 0 Å². The highest BCUT2D eigenvalue weighted by Gasteiger charge is 2.35. The first-order chi connectivity index (χ1) is 14.0. The van der Waals surface area contributed by atoms with Crippen LogP contribution >= 0.6 is 0 Å². The van der Waals surface area contributed by atoms with Crippen molar-refractivity contribution >= 4 is 28.9 Å². The summed E-state index contributed by atoms with van der Waals surface area (Å²) in [6.45, 7) is 2.82. The van der Waals surface area contributed by atoms with Gasteiger partial charge in [-0.25, -0.2) is 4.99 Å². The minimum Gasteiger partial charge on any atom is -0.495 e. The lowest BCUT2D eigenvalue weighted by molar-refractivity contribution is -0.138. The molecule has 0 aliphatic carbocycles. The van der Waals surface area contributed by atoms with E-state index in [1.807, 2.05) is 18.2 Å². The molecule has 0 fully saturated rings. The topological polar surface area (TPSA) is 126 Å². The van der Waals surface area contributed by atoms with Crippen LogP contribution in [0.15, 0.2) is 62.6 Å². The van der Waals surface area contributed by atoms with Gasteiger partial charge in [0.15, 0.2) is 5.58 Å². The Balaban J connectivity index is 1.57. The van der Waals surface area contributed by atoms with E-state index in [-0.39, 0.29) is 6.01 Å². The predicted octanol–water partition coefficient (Wildman–Crippen LogP) is 1.95. The van der Waals surface area contributed by atoms with E-state index in [0.29, 0.717) is 23.4 Å². The number of aliphatic imine (C=N–C) groups is 1. The molecule has 0 amide bonds. The summed E-state index contributed by atoms with van der Waals surface area (Å²) >= 11 is 0. The van der Waals surface area contributed by atoms with Crippen LogP contribution in [0.5, 0.6) is 0 Å². The molecule has 0 saturated carbocycles. The van der Waals surface area contributed by atoms with Crippen LogP contribution in [-0.4, -0.2) is 46.0 Å². The van der Waals surface area contributed by atoms with Gasteiger partial charge in [-0.2, -0.15) is 4.98 Å². The Hall–Kier alpha value is -3.75. The first kappa shape index (κ1) is 17.4. The fourth-order valence-electron chi connectivity index (χ4n) is 3.82. The van der Waals surface area contributed by atoms with Gasteiger partial charge in [0.25, 0.3) is 6.01 Å². The Morgan fingerprint density at radius 2 is 2.28 bits per heavy atom. The number of carboxylic acids is 1. The lowest BCUT2D eigenvalue weighted by Crippen LogP contribution is -2.37. The molecule has 148 valence electrons. The minimum atomic E-state index is -0.937. The standard InChI is InChI=1S/C20H19N5O4/c1-10(19(26)27)23-15-9-28-8-12-4-5-25-17(12)13(15)7-22-18(25)11-2-3-16-14(6-11)24-20(21)29-16/h2-3,6-7,9-10,23H,4-5,8H2,1H3,(H2,21,24)(H,26,27). The number of hydrogen-bond donors (Lipinski definition) is 3. The highest BCUT2D eigenvalue weighted by Crippen LogP contribution is 2.38. The summed E-state index contributed by atoms with van der Waals surface area (Å²) in [4.78, 5) is 22.3. The molecule has 0 saturated heterocycles. The second-order valence-electron chi connectivity index (χ2n) is 7.13. The Morgan fingerprint density at radius 1 is 1.41 bits per heavy atom. The maximum Gasteiger partial charge on any atom is 0.325 e. The van der Waals surface area contributed by atoms with Crippen LogP contribution in [0.3, 0.4) is 0 Å². The molecular formula is C20H19N5O4. The number of nitrogen functional groups attached to an aromatic ring is 1. The van der Waals surface area contributed by atoms with E-state index >= 15 is 0 Å². The molecule has 1 aromatic heterocycles. The van der Waals surface area contributed by atoms with Crippen LogP contribution in [0, 0.1) is 0 Å². The normalized spacial score (nSPS) is 19.1. The molecule has 9 heteroatoms. The second kappa shape index (κ2) is 6.40. The molecule has 9 nitrogen and oxygen atoms in total. The summed E-state index contributed by atoms with van der Waals surface area (Å²) in [6.07, 6.45) is 4.18. The van der Waals surface area contributed by atoms with Gasteiger partial charge in [0.05, 0.1) is 11.4 Å². The third-order valence-corrected chi connectivity index (χ3v) is 5.22. The molecule has 3 aliphatic heterocycles. The summed E-state index contributed by atoms with van der Waals surface area (Å²) in [5.74, 6) is -0.136. The van der Waals surface area contributed by atoms with E-state index in [9.17, 15) is 9.90 Å². The number of aromatic nitrogens is 1. The largest absolute Gasteiger partial charge is 0.495 e. The number of anilines is 1. The number of benzene rings is 1. The number of nitrogens with zero attached hydrogens (tertiary/aromatic N) is 3. The van der Waals surface area contributed by atoms with Crippen molar-refractivity contribution in [2.24, 2.45) is 4.99 Å². The quantitative estimate of drug-likeness (QED) is 0.719. The van der Waals surface area contributed by atoms with Crippen LogP contribution < -0.4 is 11.1 Å². The summed E-state index contributed by atoms with van der Waals surface area (Å²) in [7, 11) is 0. The molecule has 0 spiro atoms. The number of ether oxygens (including phenoxy) is 1. The molecule has 1 aromatic carbocycles. The van der Waals surface area contributed by atoms with E-state index in [1.54, 1.807) is 19.4 Å². The molecule has 0 bridgehead atoms. The van der Waals surface area contributed by atoms with Gasteiger partial charge in [-0.15, -0.1) is 0 Å². The first-order valence-electron chi connectivity index (χ1n) is 9.27. The summed E-state index contributed by atoms with van der Waals surface area (Å²) < 4.78 is 11.0. The molecule has 1 atom stereocenters. The fraction of sp³-hybridized carbons (Fsp3) is 0.250. The predicted molar refractivity (Wildman–Crippen MR) is 106 cm³/mol. The van der Waals surface area contributed by atoms with Crippen LogP contribution in [-0.2, 0) is 9.53 Å². The number of rotatable bonds is 4. The Kier molecular flexibility index (Phi) is 3.83. The number of nitrogens with two attached hydrogens (primary N) is 1. The van der Waals surface area contributed by atoms with Crippen molar-refractivity contribution in [2.45, 2.75) is 19.4 Å². The Morgan fingerprint density at radius 3 is 3.10 bits per heavy atom. The van der Waals surface area contributed by atoms with E-state index in [2.05, 4.69) is 15.2 Å². The Labute approximate surface area is 165 Å². The SMILES string of the molecule is CC(NC1=COCC2=C3C1=CN=C(c1ccc4oc(N)nc4c1)N3CC2)C(=O)O. The van der Waals surface area contributed by atoms with E-state index in [4.69, 9.17) is 19.9 Å². The smallest absolute Gasteiger partial charge is 0.325 e. The number of carbonyl (C=O) groups is 1. The van der Waals surface area contributed by atoms with E-state index in [1.165, 1.54) is 0 Å². The van der Waals surface area contributed by atoms with Gasteiger partial charge in [-0.1, -0.05) is 0 Å². The summed E-state index contributed by atoms with van der Waals surface area (Å²) in [5.41, 5.74) is 11.5. The zero-order chi connectivity index (χ0) is 20.1. The molecule has 4 heterocycles. The maximum absolute atomic E-state index is 11.3. The highest BCUT2D eigenvalue weighted by atomic mass is 16.5. The van der Waals surface area contributed by atoms with Gasteiger partial charge in [-0.05, 0) is 37.1 Å². The summed E-state index contributed by atoms with van der Waals surface area (Å²) in [5, 5.41) is 12.3. The van der Waals surface area contributed by atoms with E-state index < -0.39 is 12.0 Å². The van der Waals surface area contributed by atoms with Crippen molar-refractivity contribution in [3.05, 3.63) is 58.8 Å². The van der Waals surface area contributed by atoms with Crippen molar-refractivity contribution < 1.29 is 19.1 Å². The number of aliphatic carboxylic acids is 1. The number of amidine groups is 1. The van der Waals surface area contributed by atoms with Crippen LogP contribution in [0.1, 0.15) is 18.9 Å². The number of oxazole rings is 1. The van der Waals surface area contributed by atoms with Crippen molar-refractivity contribution in [3.63, 3.8) is 0 Å². The summed E-state index contributed by atoms with van der Waals surface area (Å²) in [6, 6.07) is 5.04. The molecule has 5 rings (SSSR count). The zero-order valence-electron chi connectivity index (χ0n) is 15.7. The van der Waals surface area contributed by atoms with Gasteiger partial charge in [0.2, 0.25) is 0 Å². The maximum atomic E-state index is 11.3. The second-order valence-corrected chi connectivity index (χ2v) is 7.13. The average molecular weight is 393 g/mol. The van der Waals surface area contributed by atoms with Crippen LogP contribution in [0.4, 0.5) is 6.01 Å². The van der Waals surface area contributed by atoms with Gasteiger partial charge in [-0.3, -0.25) is 4.79 Å². The third kappa shape index (κ3) is 2.82. The first-order valence-corrected chi connectivity index (χ1v) is 9.27. The van der Waals surface area contributed by atoms with Crippen molar-refractivity contribution in [1.29, 1.82) is 0 Å².